The Bertz CT molecular complexity index is 950. The predicted molar refractivity (Wildman–Crippen MR) is 100 cm³/mol. The van der Waals surface area contributed by atoms with Crippen molar-refractivity contribution in [1.82, 2.24) is 23.9 Å². The topological polar surface area (TPSA) is 82.2 Å². The van der Waals surface area contributed by atoms with Gasteiger partial charge in [0.05, 0.1) is 23.9 Å². The van der Waals surface area contributed by atoms with Gasteiger partial charge in [-0.05, 0) is 31.2 Å². The fourth-order valence-corrected chi connectivity index (χ4v) is 4.18. The number of hydrogen-bond acceptors (Lipinski definition) is 5. The lowest BCUT2D eigenvalue weighted by Gasteiger charge is -2.21. The summed E-state index contributed by atoms with van der Waals surface area (Å²) < 4.78 is 36.6. The lowest BCUT2D eigenvalue weighted by molar-refractivity contribution is 0.340. The van der Waals surface area contributed by atoms with Crippen LogP contribution in [0.2, 0.25) is 0 Å². The third kappa shape index (κ3) is 4.55. The zero-order valence-corrected chi connectivity index (χ0v) is 16.4. The molecule has 0 N–H and O–H groups in total. The lowest BCUT2D eigenvalue weighted by Crippen LogP contribution is -2.30. The van der Waals surface area contributed by atoms with Gasteiger partial charge < -0.3 is 4.74 Å². The van der Waals surface area contributed by atoms with Crippen LogP contribution in [-0.4, -0.2) is 38.9 Å². The van der Waals surface area contributed by atoms with E-state index in [0.29, 0.717) is 12.4 Å². The molecule has 8 nitrogen and oxygen atoms in total. The Morgan fingerprint density at radius 1 is 0.963 bits per heavy atom. The van der Waals surface area contributed by atoms with Gasteiger partial charge in [-0.25, -0.2) is 8.42 Å². The molecule has 0 saturated carbocycles. The van der Waals surface area contributed by atoms with Crippen LogP contribution in [0.4, 0.5) is 0 Å². The molecule has 0 unspecified atom stereocenters. The minimum Gasteiger partial charge on any atom is -0.494 e. The molecule has 0 bridgehead atoms. The van der Waals surface area contributed by atoms with E-state index in [-0.39, 0.29) is 18.0 Å². The van der Waals surface area contributed by atoms with Crippen molar-refractivity contribution in [3.05, 3.63) is 60.2 Å². The highest BCUT2D eigenvalue weighted by molar-refractivity contribution is 7.89. The Kier molecular flexibility index (Phi) is 5.62. The van der Waals surface area contributed by atoms with Crippen molar-refractivity contribution in [2.45, 2.75) is 24.9 Å². The standard InChI is InChI=1S/C18H23N5O3S/c1-4-26-17-5-7-18(8-6-17)27(24,25)23(13-15-9-19-21(2)11-15)14-16-10-20-22(3)12-16/h5-12H,4,13-14H2,1-3H3. The first-order valence-corrected chi connectivity index (χ1v) is 10.0. The summed E-state index contributed by atoms with van der Waals surface area (Å²) in [4.78, 5) is 0.221. The second kappa shape index (κ2) is 7.93. The third-order valence-electron chi connectivity index (χ3n) is 4.01. The summed E-state index contributed by atoms with van der Waals surface area (Å²) in [5.74, 6) is 0.641. The van der Waals surface area contributed by atoms with Crippen molar-refractivity contribution < 1.29 is 13.2 Å². The molecule has 0 radical (unpaired) electrons. The molecule has 0 aliphatic carbocycles. The summed E-state index contributed by atoms with van der Waals surface area (Å²) in [5.41, 5.74) is 1.63. The summed E-state index contributed by atoms with van der Waals surface area (Å²) in [6.45, 7) is 2.85. The van der Waals surface area contributed by atoms with E-state index < -0.39 is 10.0 Å². The van der Waals surface area contributed by atoms with Crippen molar-refractivity contribution in [3.63, 3.8) is 0 Å². The minimum atomic E-state index is -3.71. The summed E-state index contributed by atoms with van der Waals surface area (Å²) in [5, 5.41) is 8.26. The van der Waals surface area contributed by atoms with Crippen molar-refractivity contribution in [2.24, 2.45) is 14.1 Å². The zero-order chi connectivity index (χ0) is 19.4. The molecule has 3 rings (SSSR count). The quantitative estimate of drug-likeness (QED) is 0.588. The second-order valence-electron chi connectivity index (χ2n) is 6.22. The van der Waals surface area contributed by atoms with E-state index in [0.717, 1.165) is 11.1 Å². The summed E-state index contributed by atoms with van der Waals surface area (Å²) >= 11 is 0. The van der Waals surface area contributed by atoms with Crippen LogP contribution in [0.5, 0.6) is 5.75 Å². The molecule has 27 heavy (non-hydrogen) atoms. The Hall–Kier alpha value is -2.65. The van der Waals surface area contributed by atoms with Crippen LogP contribution in [0.1, 0.15) is 18.1 Å². The number of sulfonamides is 1. The van der Waals surface area contributed by atoms with Crippen LogP contribution < -0.4 is 4.74 Å². The number of rotatable bonds is 8. The van der Waals surface area contributed by atoms with Crippen LogP contribution in [0.15, 0.2) is 53.9 Å². The van der Waals surface area contributed by atoms with E-state index in [4.69, 9.17) is 4.74 Å². The number of aromatic nitrogens is 4. The molecular weight excluding hydrogens is 366 g/mol. The fourth-order valence-electron chi connectivity index (χ4n) is 2.76. The van der Waals surface area contributed by atoms with Gasteiger partial charge in [0.25, 0.3) is 0 Å². The monoisotopic (exact) mass is 389 g/mol. The molecule has 0 amide bonds. The van der Waals surface area contributed by atoms with Crippen LogP contribution in [0, 0.1) is 0 Å². The van der Waals surface area contributed by atoms with Crippen molar-refractivity contribution in [1.29, 1.82) is 0 Å². The summed E-state index contributed by atoms with van der Waals surface area (Å²) in [6, 6.07) is 6.48. The van der Waals surface area contributed by atoms with Gasteiger partial charge in [0.2, 0.25) is 10.0 Å². The maximum atomic E-state index is 13.3. The third-order valence-corrected chi connectivity index (χ3v) is 5.81. The first-order valence-electron chi connectivity index (χ1n) is 8.56. The highest BCUT2D eigenvalue weighted by atomic mass is 32.2. The van der Waals surface area contributed by atoms with Crippen molar-refractivity contribution in [3.8, 4) is 5.75 Å². The zero-order valence-electron chi connectivity index (χ0n) is 15.6. The first kappa shape index (κ1) is 19.1. The Morgan fingerprint density at radius 2 is 1.48 bits per heavy atom. The van der Waals surface area contributed by atoms with Gasteiger partial charge in [-0.2, -0.15) is 14.5 Å². The Balaban J connectivity index is 1.91. The highest BCUT2D eigenvalue weighted by Gasteiger charge is 2.26. The molecule has 144 valence electrons. The number of aryl methyl sites for hydroxylation is 2. The average molecular weight is 389 g/mol. The van der Waals surface area contributed by atoms with Gasteiger partial charge in [-0.1, -0.05) is 0 Å². The number of nitrogens with zero attached hydrogens (tertiary/aromatic N) is 5. The molecule has 0 fully saturated rings. The molecular formula is C18H23N5O3S. The van der Waals surface area contributed by atoms with E-state index in [2.05, 4.69) is 10.2 Å². The molecule has 0 spiro atoms. The number of benzene rings is 1. The maximum absolute atomic E-state index is 13.3. The second-order valence-corrected chi connectivity index (χ2v) is 8.16. The van der Waals surface area contributed by atoms with Gasteiger partial charge in [0, 0.05) is 50.7 Å². The Labute approximate surface area is 159 Å². The van der Waals surface area contributed by atoms with Gasteiger partial charge in [-0.3, -0.25) is 9.36 Å². The van der Waals surface area contributed by atoms with Gasteiger partial charge >= 0.3 is 0 Å². The SMILES string of the molecule is CCOc1ccc(S(=O)(=O)N(Cc2cnn(C)c2)Cc2cnn(C)c2)cc1. The molecule has 3 aromatic rings. The van der Waals surface area contributed by atoms with E-state index in [1.54, 1.807) is 60.1 Å². The minimum absolute atomic E-state index is 0.221. The Morgan fingerprint density at radius 3 is 1.89 bits per heavy atom. The van der Waals surface area contributed by atoms with E-state index in [9.17, 15) is 8.42 Å². The lowest BCUT2D eigenvalue weighted by atomic mass is 10.3. The van der Waals surface area contributed by atoms with Gasteiger partial charge in [0.15, 0.2) is 0 Å². The molecule has 2 heterocycles. The smallest absolute Gasteiger partial charge is 0.243 e. The van der Waals surface area contributed by atoms with Crippen LogP contribution in [0.25, 0.3) is 0 Å². The molecule has 0 aliphatic heterocycles. The first-order chi connectivity index (χ1) is 12.9. The number of hydrogen-bond donors (Lipinski definition) is 0. The molecule has 1 aromatic carbocycles. The molecule has 0 atom stereocenters. The fraction of sp³-hybridized carbons (Fsp3) is 0.333. The molecule has 9 heteroatoms. The largest absolute Gasteiger partial charge is 0.494 e. The van der Waals surface area contributed by atoms with Crippen molar-refractivity contribution in [2.75, 3.05) is 6.61 Å². The molecule has 2 aromatic heterocycles. The maximum Gasteiger partial charge on any atom is 0.243 e. The average Bonchev–Trinajstić information content (AvgIpc) is 3.23. The predicted octanol–water partition coefficient (Wildman–Crippen LogP) is 1.94. The molecule has 0 saturated heterocycles. The molecule has 0 aliphatic rings. The normalized spacial score (nSPS) is 11.9. The van der Waals surface area contributed by atoms with E-state index in [1.807, 2.05) is 19.3 Å². The summed E-state index contributed by atoms with van der Waals surface area (Å²) in [6.07, 6.45) is 6.96. The number of ether oxygens (including phenoxy) is 1. The van der Waals surface area contributed by atoms with Crippen LogP contribution in [0.3, 0.4) is 0 Å². The highest BCUT2D eigenvalue weighted by Crippen LogP contribution is 2.23. The van der Waals surface area contributed by atoms with E-state index in [1.165, 1.54) is 4.31 Å². The van der Waals surface area contributed by atoms with Crippen LogP contribution in [-0.2, 0) is 37.2 Å². The summed E-state index contributed by atoms with van der Waals surface area (Å²) in [7, 11) is -0.104. The van der Waals surface area contributed by atoms with E-state index >= 15 is 0 Å². The van der Waals surface area contributed by atoms with Crippen molar-refractivity contribution >= 4 is 10.0 Å². The van der Waals surface area contributed by atoms with Gasteiger partial charge in [0.1, 0.15) is 5.75 Å². The van der Waals surface area contributed by atoms with Gasteiger partial charge in [-0.15, -0.1) is 0 Å². The van der Waals surface area contributed by atoms with Crippen LogP contribution >= 0.6 is 0 Å².